The molecule has 0 unspecified atom stereocenters. The second-order valence-electron chi connectivity index (χ2n) is 6.52. The number of ether oxygens (including phenoxy) is 3. The van der Waals surface area contributed by atoms with E-state index < -0.39 is 0 Å². The second kappa shape index (κ2) is 10.4. The maximum absolute atomic E-state index is 6.27. The van der Waals surface area contributed by atoms with Crippen molar-refractivity contribution >= 4 is 0 Å². The largest absolute Gasteiger partial charge is 0.493 e. The first-order valence-electron chi connectivity index (χ1n) is 9.22. The lowest BCUT2D eigenvalue weighted by atomic mass is 9.99. The van der Waals surface area contributed by atoms with E-state index in [1.807, 2.05) is 18.2 Å². The Balaban J connectivity index is 1.94. The van der Waals surface area contributed by atoms with Gasteiger partial charge in [-0.3, -0.25) is 0 Å². The predicted octanol–water partition coefficient (Wildman–Crippen LogP) is 5.76. The maximum Gasteiger partial charge on any atom is 0.164 e. The van der Waals surface area contributed by atoms with E-state index in [4.69, 9.17) is 14.2 Å². The molecule has 0 aromatic heterocycles. The van der Waals surface area contributed by atoms with Crippen molar-refractivity contribution in [3.8, 4) is 17.2 Å². The molecule has 0 heterocycles. The SMILES string of the molecule is COc1ccc(OC2CCCCCCCCCCC2)cc1OC. The second-order valence-corrected chi connectivity index (χ2v) is 6.52. The van der Waals surface area contributed by atoms with Crippen molar-refractivity contribution in [3.05, 3.63) is 18.2 Å². The van der Waals surface area contributed by atoms with E-state index in [0.29, 0.717) is 6.10 Å². The molecule has 0 radical (unpaired) electrons. The van der Waals surface area contributed by atoms with Gasteiger partial charge in [-0.1, -0.05) is 44.9 Å². The highest BCUT2D eigenvalue weighted by atomic mass is 16.5. The number of rotatable bonds is 4. The Bertz CT molecular complexity index is 433. The molecule has 2 rings (SSSR count). The lowest BCUT2D eigenvalue weighted by Crippen LogP contribution is -2.17. The van der Waals surface area contributed by atoms with Gasteiger partial charge in [0.15, 0.2) is 11.5 Å². The fourth-order valence-electron chi connectivity index (χ4n) is 3.33. The van der Waals surface area contributed by atoms with Gasteiger partial charge < -0.3 is 14.2 Å². The molecule has 130 valence electrons. The minimum atomic E-state index is 0.326. The summed E-state index contributed by atoms with van der Waals surface area (Å²) < 4.78 is 16.9. The van der Waals surface area contributed by atoms with Crippen LogP contribution in [0.1, 0.15) is 70.6 Å². The molecule has 1 aliphatic carbocycles. The summed E-state index contributed by atoms with van der Waals surface area (Å²) in [5, 5.41) is 0. The highest BCUT2D eigenvalue weighted by Gasteiger charge is 2.13. The van der Waals surface area contributed by atoms with Crippen molar-refractivity contribution in [2.24, 2.45) is 0 Å². The zero-order valence-corrected chi connectivity index (χ0v) is 14.8. The topological polar surface area (TPSA) is 27.7 Å². The Kier molecular flexibility index (Phi) is 8.13. The van der Waals surface area contributed by atoms with Gasteiger partial charge in [-0.15, -0.1) is 0 Å². The molecule has 3 nitrogen and oxygen atoms in total. The minimum absolute atomic E-state index is 0.326. The van der Waals surface area contributed by atoms with Crippen LogP contribution in [-0.4, -0.2) is 20.3 Å². The third-order valence-corrected chi connectivity index (χ3v) is 4.71. The molecule has 1 fully saturated rings. The normalized spacial score (nSPS) is 18.5. The van der Waals surface area contributed by atoms with Crippen LogP contribution in [0.25, 0.3) is 0 Å². The Morgan fingerprint density at radius 3 is 1.74 bits per heavy atom. The van der Waals surface area contributed by atoms with Crippen LogP contribution in [0.4, 0.5) is 0 Å². The monoisotopic (exact) mass is 320 g/mol. The van der Waals surface area contributed by atoms with Gasteiger partial charge in [0, 0.05) is 6.07 Å². The Morgan fingerprint density at radius 2 is 1.22 bits per heavy atom. The Morgan fingerprint density at radius 1 is 0.696 bits per heavy atom. The first-order chi connectivity index (χ1) is 11.3. The van der Waals surface area contributed by atoms with E-state index in [-0.39, 0.29) is 0 Å². The minimum Gasteiger partial charge on any atom is -0.493 e. The summed E-state index contributed by atoms with van der Waals surface area (Å²) in [7, 11) is 3.32. The van der Waals surface area contributed by atoms with Crippen LogP contribution >= 0.6 is 0 Å². The molecular formula is C20H32O3. The molecular weight excluding hydrogens is 288 g/mol. The van der Waals surface area contributed by atoms with Crippen LogP contribution in [0.5, 0.6) is 17.2 Å². The first-order valence-corrected chi connectivity index (χ1v) is 9.22. The van der Waals surface area contributed by atoms with Crippen LogP contribution in [-0.2, 0) is 0 Å². The van der Waals surface area contributed by atoms with Gasteiger partial charge in [0.25, 0.3) is 0 Å². The van der Waals surface area contributed by atoms with E-state index >= 15 is 0 Å². The summed E-state index contributed by atoms with van der Waals surface area (Å²) in [6, 6.07) is 5.84. The predicted molar refractivity (Wildman–Crippen MR) is 94.7 cm³/mol. The summed E-state index contributed by atoms with van der Waals surface area (Å²) in [6.07, 6.45) is 14.9. The number of hydrogen-bond acceptors (Lipinski definition) is 3. The van der Waals surface area contributed by atoms with E-state index in [2.05, 4.69) is 0 Å². The molecule has 1 saturated carbocycles. The van der Waals surface area contributed by atoms with Gasteiger partial charge in [-0.2, -0.15) is 0 Å². The van der Waals surface area contributed by atoms with Gasteiger partial charge in [-0.25, -0.2) is 0 Å². The fraction of sp³-hybridized carbons (Fsp3) is 0.700. The van der Waals surface area contributed by atoms with Crippen molar-refractivity contribution < 1.29 is 14.2 Å². The molecule has 0 aliphatic heterocycles. The lowest BCUT2D eigenvalue weighted by molar-refractivity contribution is 0.171. The summed E-state index contributed by atoms with van der Waals surface area (Å²) in [5.74, 6) is 2.37. The zero-order valence-electron chi connectivity index (χ0n) is 14.8. The third kappa shape index (κ3) is 6.32. The Hall–Kier alpha value is -1.38. The maximum atomic E-state index is 6.27. The lowest BCUT2D eigenvalue weighted by Gasteiger charge is -2.20. The van der Waals surface area contributed by atoms with Crippen molar-refractivity contribution in [1.82, 2.24) is 0 Å². The van der Waals surface area contributed by atoms with Gasteiger partial charge >= 0.3 is 0 Å². The van der Waals surface area contributed by atoms with Gasteiger partial charge in [0.1, 0.15) is 5.75 Å². The van der Waals surface area contributed by atoms with Gasteiger partial charge in [0.2, 0.25) is 0 Å². The first kappa shape index (κ1) is 18.0. The van der Waals surface area contributed by atoms with E-state index in [1.165, 1.54) is 57.8 Å². The van der Waals surface area contributed by atoms with Gasteiger partial charge in [-0.05, 0) is 37.8 Å². The molecule has 1 aromatic carbocycles. The molecule has 0 spiro atoms. The molecule has 0 amide bonds. The highest BCUT2D eigenvalue weighted by Crippen LogP contribution is 2.32. The summed E-state index contributed by atoms with van der Waals surface area (Å²) >= 11 is 0. The summed E-state index contributed by atoms with van der Waals surface area (Å²) in [4.78, 5) is 0. The van der Waals surface area contributed by atoms with Crippen LogP contribution in [0.15, 0.2) is 18.2 Å². The van der Waals surface area contributed by atoms with Crippen molar-refractivity contribution in [1.29, 1.82) is 0 Å². The van der Waals surface area contributed by atoms with Crippen molar-refractivity contribution in [3.63, 3.8) is 0 Å². The standard InChI is InChI=1S/C20H32O3/c1-21-19-15-14-18(16-20(19)22-2)23-17-12-10-8-6-4-3-5-7-9-11-13-17/h14-17H,3-13H2,1-2H3. The van der Waals surface area contributed by atoms with Crippen molar-refractivity contribution in [2.75, 3.05) is 14.2 Å². The number of methoxy groups -OCH3 is 2. The van der Waals surface area contributed by atoms with E-state index in [0.717, 1.165) is 30.1 Å². The smallest absolute Gasteiger partial charge is 0.164 e. The molecule has 3 heteroatoms. The van der Waals surface area contributed by atoms with Crippen LogP contribution in [0.2, 0.25) is 0 Å². The molecule has 23 heavy (non-hydrogen) atoms. The number of benzene rings is 1. The summed E-state index contributed by atoms with van der Waals surface area (Å²) in [5.41, 5.74) is 0. The molecule has 0 saturated heterocycles. The molecule has 0 N–H and O–H groups in total. The quantitative estimate of drug-likeness (QED) is 0.706. The van der Waals surface area contributed by atoms with Crippen LogP contribution in [0, 0.1) is 0 Å². The van der Waals surface area contributed by atoms with E-state index in [9.17, 15) is 0 Å². The van der Waals surface area contributed by atoms with E-state index in [1.54, 1.807) is 14.2 Å². The summed E-state index contributed by atoms with van der Waals surface area (Å²) in [6.45, 7) is 0. The average molecular weight is 320 g/mol. The Labute approximate surface area is 141 Å². The van der Waals surface area contributed by atoms with Crippen LogP contribution < -0.4 is 14.2 Å². The molecule has 1 aromatic rings. The fourth-order valence-corrected chi connectivity index (χ4v) is 3.33. The van der Waals surface area contributed by atoms with Crippen molar-refractivity contribution in [2.45, 2.75) is 76.7 Å². The third-order valence-electron chi connectivity index (χ3n) is 4.71. The van der Waals surface area contributed by atoms with Gasteiger partial charge in [0.05, 0.1) is 20.3 Å². The number of hydrogen-bond donors (Lipinski definition) is 0. The molecule has 0 atom stereocenters. The zero-order chi connectivity index (χ0) is 16.3. The molecule has 1 aliphatic rings. The highest BCUT2D eigenvalue weighted by molar-refractivity contribution is 5.45. The van der Waals surface area contributed by atoms with Crippen LogP contribution in [0.3, 0.4) is 0 Å². The average Bonchev–Trinajstić information content (AvgIpc) is 2.57. The molecule has 0 bridgehead atoms.